The van der Waals surface area contributed by atoms with E-state index in [1.165, 1.54) is 24.4 Å². The van der Waals surface area contributed by atoms with Crippen molar-refractivity contribution in [2.75, 3.05) is 6.61 Å². The van der Waals surface area contributed by atoms with Crippen LogP contribution in [-0.4, -0.2) is 39.3 Å². The quantitative estimate of drug-likeness (QED) is 0.866. The number of carbonyl (C=O) groups is 2. The maximum Gasteiger partial charge on any atom is 0.412 e. The maximum absolute atomic E-state index is 11.6. The van der Waals surface area contributed by atoms with E-state index in [1.807, 2.05) is 30.3 Å². The Kier molecular flexibility index (Phi) is 4.39. The summed E-state index contributed by atoms with van der Waals surface area (Å²) in [6.07, 6.45) is 4.14. The van der Waals surface area contributed by atoms with E-state index < -0.39 is 17.6 Å². The smallest absolute Gasteiger partial charge is 0.412 e. The van der Waals surface area contributed by atoms with Crippen molar-refractivity contribution in [3.8, 4) is 0 Å². The molecule has 6 nitrogen and oxygen atoms in total. The van der Waals surface area contributed by atoms with Crippen LogP contribution in [0.4, 0.5) is 4.79 Å². The van der Waals surface area contributed by atoms with E-state index in [-0.39, 0.29) is 13.2 Å². The van der Waals surface area contributed by atoms with E-state index in [0.29, 0.717) is 0 Å². The van der Waals surface area contributed by atoms with Crippen LogP contribution in [0.2, 0.25) is 0 Å². The first kappa shape index (κ1) is 14.8. The monoisotopic (exact) mass is 289 g/mol. The van der Waals surface area contributed by atoms with Crippen molar-refractivity contribution in [2.24, 2.45) is 0 Å². The summed E-state index contributed by atoms with van der Waals surface area (Å²) in [5.74, 6) is -1.28. The van der Waals surface area contributed by atoms with Gasteiger partial charge in [-0.25, -0.2) is 9.59 Å². The number of hydrogen-bond acceptors (Lipinski definition) is 3. The standard InChI is InChI=1S/C15H15NO5/c17-13(18)15(8-4-5-9-16(15)14(19)20)11-21-10-12-6-2-1-3-7-12/h1-9H,10-11H2,(H,17,18)(H,19,20). The Morgan fingerprint density at radius 1 is 1.14 bits per heavy atom. The average molecular weight is 289 g/mol. The lowest BCUT2D eigenvalue weighted by molar-refractivity contribution is -0.149. The second kappa shape index (κ2) is 6.23. The summed E-state index contributed by atoms with van der Waals surface area (Å²) in [5.41, 5.74) is -0.856. The Morgan fingerprint density at radius 2 is 1.86 bits per heavy atom. The zero-order chi connectivity index (χ0) is 15.3. The van der Waals surface area contributed by atoms with Crippen LogP contribution in [0.15, 0.2) is 54.8 Å². The molecule has 1 unspecified atom stereocenters. The third-order valence-corrected chi connectivity index (χ3v) is 3.16. The van der Waals surface area contributed by atoms with Gasteiger partial charge in [0.25, 0.3) is 0 Å². The Hall–Kier alpha value is -2.60. The molecule has 2 N–H and O–H groups in total. The van der Waals surface area contributed by atoms with E-state index in [2.05, 4.69) is 0 Å². The van der Waals surface area contributed by atoms with Gasteiger partial charge in [-0.2, -0.15) is 0 Å². The lowest BCUT2D eigenvalue weighted by Crippen LogP contribution is -2.56. The second-order valence-corrected chi connectivity index (χ2v) is 4.56. The third kappa shape index (κ3) is 3.11. The molecular weight excluding hydrogens is 274 g/mol. The van der Waals surface area contributed by atoms with Gasteiger partial charge in [0.15, 0.2) is 5.54 Å². The minimum Gasteiger partial charge on any atom is -0.479 e. The van der Waals surface area contributed by atoms with E-state index in [9.17, 15) is 14.7 Å². The molecule has 1 amide bonds. The topological polar surface area (TPSA) is 87.1 Å². The van der Waals surface area contributed by atoms with Crippen LogP contribution < -0.4 is 0 Å². The van der Waals surface area contributed by atoms with E-state index in [4.69, 9.17) is 9.84 Å². The van der Waals surface area contributed by atoms with Gasteiger partial charge in [-0.1, -0.05) is 36.4 Å². The lowest BCUT2D eigenvalue weighted by atomic mass is 9.96. The lowest BCUT2D eigenvalue weighted by Gasteiger charge is -2.35. The molecule has 0 radical (unpaired) electrons. The molecule has 2 rings (SSSR count). The summed E-state index contributed by atoms with van der Waals surface area (Å²) in [6.45, 7) is -0.0642. The molecule has 1 atom stereocenters. The number of aliphatic carboxylic acids is 1. The van der Waals surface area contributed by atoms with Crippen molar-refractivity contribution in [1.82, 2.24) is 4.90 Å². The zero-order valence-electron chi connectivity index (χ0n) is 11.2. The molecule has 0 bridgehead atoms. The van der Waals surface area contributed by atoms with Crippen molar-refractivity contribution < 1.29 is 24.5 Å². The molecule has 1 aromatic carbocycles. The number of ether oxygens (including phenoxy) is 1. The van der Waals surface area contributed by atoms with Crippen molar-refractivity contribution in [1.29, 1.82) is 0 Å². The van der Waals surface area contributed by atoms with Crippen molar-refractivity contribution in [2.45, 2.75) is 12.1 Å². The van der Waals surface area contributed by atoms with Gasteiger partial charge in [-0.15, -0.1) is 0 Å². The van der Waals surface area contributed by atoms with E-state index in [1.54, 1.807) is 0 Å². The molecule has 1 heterocycles. The van der Waals surface area contributed by atoms with Gasteiger partial charge < -0.3 is 14.9 Å². The fourth-order valence-corrected chi connectivity index (χ4v) is 2.05. The third-order valence-electron chi connectivity index (χ3n) is 3.16. The van der Waals surface area contributed by atoms with Gasteiger partial charge in [-0.3, -0.25) is 4.90 Å². The Morgan fingerprint density at radius 3 is 2.48 bits per heavy atom. The first-order valence-electron chi connectivity index (χ1n) is 6.29. The average Bonchev–Trinajstić information content (AvgIpc) is 2.48. The van der Waals surface area contributed by atoms with Crippen molar-refractivity contribution >= 4 is 12.1 Å². The van der Waals surface area contributed by atoms with Crippen LogP contribution in [0.25, 0.3) is 0 Å². The molecule has 0 spiro atoms. The number of carboxylic acids is 1. The molecule has 0 fully saturated rings. The Labute approximate surface area is 121 Å². The number of allylic oxidation sites excluding steroid dienone is 2. The first-order valence-corrected chi connectivity index (χ1v) is 6.29. The molecule has 0 saturated heterocycles. The molecule has 21 heavy (non-hydrogen) atoms. The number of nitrogens with zero attached hydrogens (tertiary/aromatic N) is 1. The van der Waals surface area contributed by atoms with Crippen LogP contribution in [0.3, 0.4) is 0 Å². The second-order valence-electron chi connectivity index (χ2n) is 4.56. The van der Waals surface area contributed by atoms with Gasteiger partial charge in [-0.05, 0) is 17.7 Å². The molecule has 0 aliphatic carbocycles. The molecule has 6 heteroatoms. The number of hydrogen-bond donors (Lipinski definition) is 2. The fourth-order valence-electron chi connectivity index (χ4n) is 2.05. The first-order chi connectivity index (χ1) is 10.1. The van der Waals surface area contributed by atoms with Crippen LogP contribution in [0, 0.1) is 0 Å². The molecule has 1 aromatic rings. The summed E-state index contributed by atoms with van der Waals surface area (Å²) in [5, 5.41) is 18.6. The predicted octanol–water partition coefficient (Wildman–Crippen LogP) is 2.09. The SMILES string of the molecule is O=C(O)N1C=CC=CC1(COCc1ccccc1)C(=O)O. The number of rotatable bonds is 5. The number of carboxylic acid groups (broad SMARTS) is 2. The van der Waals surface area contributed by atoms with Crippen LogP contribution in [0.5, 0.6) is 0 Å². The Balaban J connectivity index is 2.11. The van der Waals surface area contributed by atoms with Crippen LogP contribution in [-0.2, 0) is 16.1 Å². The molecule has 0 saturated carbocycles. The number of benzene rings is 1. The minimum absolute atomic E-state index is 0.209. The predicted molar refractivity (Wildman–Crippen MR) is 74.6 cm³/mol. The summed E-state index contributed by atoms with van der Waals surface area (Å²) < 4.78 is 5.43. The number of amides is 1. The van der Waals surface area contributed by atoms with Gasteiger partial charge in [0.05, 0.1) is 13.2 Å². The van der Waals surface area contributed by atoms with Crippen LogP contribution >= 0.6 is 0 Å². The van der Waals surface area contributed by atoms with Gasteiger partial charge in [0, 0.05) is 6.20 Å². The zero-order valence-corrected chi connectivity index (χ0v) is 11.2. The van der Waals surface area contributed by atoms with Crippen LogP contribution in [0.1, 0.15) is 5.56 Å². The molecule has 110 valence electrons. The molecule has 1 aliphatic rings. The summed E-state index contributed by atoms with van der Waals surface area (Å²) in [4.78, 5) is 23.5. The normalized spacial score (nSPS) is 20.5. The fraction of sp³-hybridized carbons (Fsp3) is 0.200. The summed E-state index contributed by atoms with van der Waals surface area (Å²) >= 11 is 0. The summed E-state index contributed by atoms with van der Waals surface area (Å²) in [6, 6.07) is 9.25. The van der Waals surface area contributed by atoms with E-state index >= 15 is 0 Å². The Bertz CT molecular complexity index is 581. The van der Waals surface area contributed by atoms with Gasteiger partial charge >= 0.3 is 12.1 Å². The molecular formula is C15H15NO5. The highest BCUT2D eigenvalue weighted by Gasteiger charge is 2.45. The van der Waals surface area contributed by atoms with Gasteiger partial charge in [0.1, 0.15) is 0 Å². The highest BCUT2D eigenvalue weighted by Crippen LogP contribution is 2.24. The highest BCUT2D eigenvalue weighted by atomic mass is 16.5. The molecule has 1 aliphatic heterocycles. The van der Waals surface area contributed by atoms with Crippen molar-refractivity contribution in [3.63, 3.8) is 0 Å². The van der Waals surface area contributed by atoms with E-state index in [0.717, 1.165) is 10.5 Å². The summed E-state index contributed by atoms with van der Waals surface area (Å²) in [7, 11) is 0. The molecule has 0 aromatic heterocycles. The maximum atomic E-state index is 11.6. The van der Waals surface area contributed by atoms with Crippen molar-refractivity contribution in [3.05, 3.63) is 60.3 Å². The minimum atomic E-state index is -1.74. The largest absolute Gasteiger partial charge is 0.479 e. The van der Waals surface area contributed by atoms with Gasteiger partial charge in [0.2, 0.25) is 0 Å². The highest BCUT2D eigenvalue weighted by molar-refractivity contribution is 5.87.